The number of anilines is 2. The minimum absolute atomic E-state index is 0.0245. The molecule has 0 aliphatic carbocycles. The molecule has 1 aromatic rings. The van der Waals surface area contributed by atoms with Crippen molar-refractivity contribution in [3.63, 3.8) is 0 Å². The van der Waals surface area contributed by atoms with Crippen LogP contribution in [0.4, 0.5) is 11.4 Å². The van der Waals surface area contributed by atoms with Crippen LogP contribution in [0.25, 0.3) is 0 Å². The monoisotopic (exact) mass is 313 g/mol. The highest BCUT2D eigenvalue weighted by atomic mass is 32.2. The quantitative estimate of drug-likeness (QED) is 0.819. The Hall–Kier alpha value is -1.31. The summed E-state index contributed by atoms with van der Waals surface area (Å²) < 4.78 is 32.7. The molecule has 0 radical (unpaired) electrons. The molecule has 1 aromatic carbocycles. The number of nitrogens with zero attached hydrogens (tertiary/aromatic N) is 1. The van der Waals surface area contributed by atoms with Crippen molar-refractivity contribution in [2.45, 2.75) is 37.4 Å². The Kier molecular flexibility index (Phi) is 4.19. The molecule has 0 saturated carbocycles. The molecular weight excluding hydrogens is 290 g/mol. The highest BCUT2D eigenvalue weighted by molar-refractivity contribution is 7.89. The maximum Gasteiger partial charge on any atom is 0.242 e. The summed E-state index contributed by atoms with van der Waals surface area (Å²) in [4.78, 5) is 2.24. The Labute approximate surface area is 126 Å². The van der Waals surface area contributed by atoms with Crippen LogP contribution >= 0.6 is 0 Å². The fourth-order valence-corrected chi connectivity index (χ4v) is 3.74. The largest absolute Gasteiger partial charge is 0.399 e. The van der Waals surface area contributed by atoms with Crippen LogP contribution in [0.3, 0.4) is 0 Å². The van der Waals surface area contributed by atoms with Gasteiger partial charge in [0.05, 0.1) is 17.4 Å². The van der Waals surface area contributed by atoms with Gasteiger partial charge < -0.3 is 15.4 Å². The van der Waals surface area contributed by atoms with Gasteiger partial charge in [-0.25, -0.2) is 13.1 Å². The number of hydrogen-bond donors (Lipinski definition) is 2. The molecule has 1 aliphatic rings. The van der Waals surface area contributed by atoms with E-state index in [4.69, 9.17) is 10.5 Å². The standard InChI is InChI=1S/C14H23N3O3S/c1-10-8-17(9-14(2,3)20-10)12-6-5-11(15)7-13(12)21(18,19)16-4/h5-7,10,16H,8-9,15H2,1-4H3. The topological polar surface area (TPSA) is 84.7 Å². The van der Waals surface area contributed by atoms with Crippen molar-refractivity contribution in [1.82, 2.24) is 4.72 Å². The number of nitrogen functional groups attached to an aromatic ring is 1. The Morgan fingerprint density at radius 3 is 2.67 bits per heavy atom. The van der Waals surface area contributed by atoms with Crippen molar-refractivity contribution in [3.8, 4) is 0 Å². The van der Waals surface area contributed by atoms with Gasteiger partial charge in [0.25, 0.3) is 0 Å². The summed E-state index contributed by atoms with van der Waals surface area (Å²) in [5, 5.41) is 0. The molecule has 0 aromatic heterocycles. The van der Waals surface area contributed by atoms with E-state index in [-0.39, 0.29) is 16.6 Å². The maximum absolute atomic E-state index is 12.2. The van der Waals surface area contributed by atoms with E-state index in [9.17, 15) is 8.42 Å². The van der Waals surface area contributed by atoms with Crippen LogP contribution in [0.15, 0.2) is 23.1 Å². The SMILES string of the molecule is CNS(=O)(=O)c1cc(N)ccc1N1CC(C)OC(C)(C)C1. The fourth-order valence-electron chi connectivity index (χ4n) is 2.75. The minimum Gasteiger partial charge on any atom is -0.399 e. The Bertz CT molecular complexity index is 628. The molecule has 118 valence electrons. The van der Waals surface area contributed by atoms with Crippen molar-refractivity contribution in [2.75, 3.05) is 30.8 Å². The van der Waals surface area contributed by atoms with Gasteiger partial charge in [-0.2, -0.15) is 0 Å². The van der Waals surface area contributed by atoms with Gasteiger partial charge in [0.2, 0.25) is 10.0 Å². The van der Waals surface area contributed by atoms with Gasteiger partial charge >= 0.3 is 0 Å². The number of nitrogens with one attached hydrogen (secondary N) is 1. The summed E-state index contributed by atoms with van der Waals surface area (Å²) in [6.07, 6.45) is 0.0245. The second-order valence-corrected chi connectivity index (χ2v) is 7.86. The van der Waals surface area contributed by atoms with Crippen LogP contribution in [0.2, 0.25) is 0 Å². The molecule has 6 nitrogen and oxygen atoms in total. The number of rotatable bonds is 3. The summed E-state index contributed by atoms with van der Waals surface area (Å²) in [5.41, 5.74) is 6.50. The third-order valence-electron chi connectivity index (χ3n) is 3.45. The first-order valence-electron chi connectivity index (χ1n) is 6.90. The number of morpholine rings is 1. The molecule has 0 spiro atoms. The van der Waals surface area contributed by atoms with Gasteiger partial charge in [0, 0.05) is 18.8 Å². The molecule has 21 heavy (non-hydrogen) atoms. The molecule has 7 heteroatoms. The number of ether oxygens (including phenoxy) is 1. The van der Waals surface area contributed by atoms with Gasteiger partial charge in [-0.3, -0.25) is 0 Å². The van der Waals surface area contributed by atoms with Crippen molar-refractivity contribution in [1.29, 1.82) is 0 Å². The Morgan fingerprint density at radius 1 is 1.43 bits per heavy atom. The summed E-state index contributed by atoms with van der Waals surface area (Å²) >= 11 is 0. The molecule has 1 saturated heterocycles. The zero-order chi connectivity index (χ0) is 15.8. The lowest BCUT2D eigenvalue weighted by Crippen LogP contribution is -2.52. The minimum atomic E-state index is -3.57. The predicted octanol–water partition coefficient (Wildman–Crippen LogP) is 1.18. The summed E-state index contributed by atoms with van der Waals surface area (Å²) in [6.45, 7) is 7.24. The lowest BCUT2D eigenvalue weighted by Gasteiger charge is -2.43. The van der Waals surface area contributed by atoms with Gasteiger partial charge in [-0.15, -0.1) is 0 Å². The average molecular weight is 313 g/mol. The van der Waals surface area contributed by atoms with Crippen molar-refractivity contribution >= 4 is 21.4 Å². The van der Waals surface area contributed by atoms with E-state index in [1.165, 1.54) is 13.1 Å². The summed E-state index contributed by atoms with van der Waals surface area (Å²) in [6, 6.07) is 4.97. The molecule has 2 rings (SSSR count). The third-order valence-corrected chi connectivity index (χ3v) is 4.90. The molecule has 1 fully saturated rings. The van der Waals surface area contributed by atoms with Crippen LogP contribution in [0, 0.1) is 0 Å². The number of benzene rings is 1. The molecule has 3 N–H and O–H groups in total. The van der Waals surface area contributed by atoms with E-state index in [0.29, 0.717) is 24.5 Å². The van der Waals surface area contributed by atoms with E-state index < -0.39 is 10.0 Å². The molecule has 0 bridgehead atoms. The zero-order valence-corrected chi connectivity index (χ0v) is 13.7. The first kappa shape index (κ1) is 16.1. The highest BCUT2D eigenvalue weighted by Crippen LogP contribution is 2.32. The van der Waals surface area contributed by atoms with Gasteiger partial charge in [0.15, 0.2) is 0 Å². The molecule has 1 unspecified atom stereocenters. The first-order chi connectivity index (χ1) is 9.64. The smallest absolute Gasteiger partial charge is 0.242 e. The lowest BCUT2D eigenvalue weighted by atomic mass is 10.0. The van der Waals surface area contributed by atoms with Crippen LogP contribution in [0.5, 0.6) is 0 Å². The van der Waals surface area contributed by atoms with Crippen molar-refractivity contribution < 1.29 is 13.2 Å². The number of hydrogen-bond acceptors (Lipinski definition) is 5. The Morgan fingerprint density at radius 2 is 2.10 bits per heavy atom. The predicted molar refractivity (Wildman–Crippen MR) is 83.9 cm³/mol. The van der Waals surface area contributed by atoms with E-state index in [1.807, 2.05) is 25.7 Å². The van der Waals surface area contributed by atoms with Crippen LogP contribution in [-0.4, -0.2) is 40.3 Å². The van der Waals surface area contributed by atoms with Crippen molar-refractivity contribution in [2.24, 2.45) is 0 Å². The molecule has 1 heterocycles. The van der Waals surface area contributed by atoms with E-state index in [1.54, 1.807) is 12.1 Å². The van der Waals surface area contributed by atoms with Gasteiger partial charge in [-0.05, 0) is 46.0 Å². The van der Waals surface area contributed by atoms with E-state index >= 15 is 0 Å². The average Bonchev–Trinajstić information content (AvgIpc) is 2.36. The maximum atomic E-state index is 12.2. The number of sulfonamides is 1. The Balaban J connectivity index is 2.49. The normalized spacial score (nSPS) is 22.3. The molecule has 1 atom stereocenters. The van der Waals surface area contributed by atoms with Gasteiger partial charge in [0.1, 0.15) is 4.90 Å². The molecule has 1 aliphatic heterocycles. The third kappa shape index (κ3) is 3.48. The van der Waals surface area contributed by atoms with Crippen molar-refractivity contribution in [3.05, 3.63) is 18.2 Å². The van der Waals surface area contributed by atoms with Crippen LogP contribution < -0.4 is 15.4 Å². The summed E-state index contributed by atoms with van der Waals surface area (Å²) in [7, 11) is -2.17. The lowest BCUT2D eigenvalue weighted by molar-refractivity contribution is -0.0751. The highest BCUT2D eigenvalue weighted by Gasteiger charge is 2.33. The second-order valence-electron chi connectivity index (χ2n) is 6.00. The fraction of sp³-hybridized carbons (Fsp3) is 0.571. The molecular formula is C14H23N3O3S. The van der Waals surface area contributed by atoms with Gasteiger partial charge in [-0.1, -0.05) is 0 Å². The van der Waals surface area contributed by atoms with Crippen LogP contribution in [0.1, 0.15) is 20.8 Å². The summed E-state index contributed by atoms with van der Waals surface area (Å²) in [5.74, 6) is 0. The van der Waals surface area contributed by atoms with E-state index in [0.717, 1.165) is 0 Å². The number of nitrogens with two attached hydrogens (primary N) is 1. The van der Waals surface area contributed by atoms with Crippen LogP contribution in [-0.2, 0) is 14.8 Å². The van der Waals surface area contributed by atoms with E-state index in [2.05, 4.69) is 4.72 Å². The zero-order valence-electron chi connectivity index (χ0n) is 12.9. The first-order valence-corrected chi connectivity index (χ1v) is 8.39. The molecule has 0 amide bonds. The second kappa shape index (κ2) is 5.47.